The summed E-state index contributed by atoms with van der Waals surface area (Å²) in [6.45, 7) is 1.97. The molecule has 20 heavy (non-hydrogen) atoms. The van der Waals surface area contributed by atoms with E-state index in [0.717, 1.165) is 15.6 Å². The van der Waals surface area contributed by atoms with E-state index < -0.39 is 6.04 Å². The molecule has 0 aromatic heterocycles. The average molecular weight is 335 g/mol. The third-order valence-electron chi connectivity index (χ3n) is 2.94. The maximum absolute atomic E-state index is 12.1. The molecule has 1 unspecified atom stereocenters. The summed E-state index contributed by atoms with van der Waals surface area (Å²) in [5.74, 6) is -0.375. The van der Waals surface area contributed by atoms with Crippen LogP contribution in [-0.2, 0) is 4.79 Å². The molecule has 0 saturated carbocycles. The van der Waals surface area contributed by atoms with Crippen LogP contribution in [0.15, 0.2) is 46.9 Å². The maximum Gasteiger partial charge on any atom is 0.245 e. The minimum Gasteiger partial charge on any atom is -0.506 e. The van der Waals surface area contributed by atoms with Crippen LogP contribution in [0, 0.1) is 6.92 Å². The van der Waals surface area contributed by atoms with Gasteiger partial charge in [-0.3, -0.25) is 4.79 Å². The average Bonchev–Trinajstić information content (AvgIpc) is 2.43. The van der Waals surface area contributed by atoms with E-state index in [9.17, 15) is 9.90 Å². The van der Waals surface area contributed by atoms with Crippen LogP contribution < -0.4 is 11.1 Å². The van der Waals surface area contributed by atoms with Gasteiger partial charge < -0.3 is 16.2 Å². The van der Waals surface area contributed by atoms with E-state index in [1.54, 1.807) is 12.1 Å². The van der Waals surface area contributed by atoms with Crippen molar-refractivity contribution in [3.8, 4) is 5.75 Å². The van der Waals surface area contributed by atoms with Gasteiger partial charge in [0.2, 0.25) is 5.91 Å². The first-order valence-corrected chi connectivity index (χ1v) is 6.88. The van der Waals surface area contributed by atoms with E-state index in [1.807, 2.05) is 31.2 Å². The third-order valence-corrected chi connectivity index (χ3v) is 3.43. The molecule has 0 aliphatic rings. The molecular formula is C15H15BrN2O2. The summed E-state index contributed by atoms with van der Waals surface area (Å²) in [4.78, 5) is 12.1. The number of halogens is 1. The zero-order valence-corrected chi connectivity index (χ0v) is 12.5. The lowest BCUT2D eigenvalue weighted by atomic mass is 10.1. The van der Waals surface area contributed by atoms with Gasteiger partial charge in [0.05, 0.1) is 5.69 Å². The number of anilines is 1. The Hall–Kier alpha value is -1.85. The summed E-state index contributed by atoms with van der Waals surface area (Å²) in [5, 5.41) is 12.3. The molecule has 0 bridgehead atoms. The lowest BCUT2D eigenvalue weighted by Crippen LogP contribution is -2.27. The Bertz CT molecular complexity index is 626. The van der Waals surface area contributed by atoms with Crippen LogP contribution in [0.1, 0.15) is 17.2 Å². The number of rotatable bonds is 3. The van der Waals surface area contributed by atoms with Gasteiger partial charge in [0.1, 0.15) is 11.8 Å². The predicted octanol–water partition coefficient (Wildman–Crippen LogP) is 3.10. The maximum atomic E-state index is 12.1. The second kappa shape index (κ2) is 6.07. The van der Waals surface area contributed by atoms with E-state index in [1.165, 1.54) is 6.07 Å². The fourth-order valence-electron chi connectivity index (χ4n) is 1.74. The van der Waals surface area contributed by atoms with Crippen LogP contribution in [0.4, 0.5) is 5.69 Å². The molecule has 2 aromatic carbocycles. The fraction of sp³-hybridized carbons (Fsp3) is 0.133. The number of phenolic OH excluding ortho intramolecular Hbond substituents is 1. The number of carbonyl (C=O) groups is 1. The van der Waals surface area contributed by atoms with Crippen molar-refractivity contribution in [2.45, 2.75) is 13.0 Å². The number of aromatic hydroxyl groups is 1. The van der Waals surface area contributed by atoms with Gasteiger partial charge in [-0.25, -0.2) is 0 Å². The van der Waals surface area contributed by atoms with E-state index in [-0.39, 0.29) is 11.7 Å². The van der Waals surface area contributed by atoms with Gasteiger partial charge in [-0.05, 0) is 30.7 Å². The normalized spacial score (nSPS) is 11.9. The summed E-state index contributed by atoms with van der Waals surface area (Å²) in [6.07, 6.45) is 0. The van der Waals surface area contributed by atoms with Crippen LogP contribution in [0.25, 0.3) is 0 Å². The molecule has 4 N–H and O–H groups in total. The zero-order valence-electron chi connectivity index (χ0n) is 10.9. The number of nitrogens with two attached hydrogens (primary N) is 1. The SMILES string of the molecule is Cc1ccc(C(N)C(=O)Nc2cc(Br)ccc2O)cc1. The molecule has 1 atom stereocenters. The Kier molecular flexibility index (Phi) is 4.42. The molecule has 0 spiro atoms. The summed E-state index contributed by atoms with van der Waals surface area (Å²) in [7, 11) is 0. The fourth-order valence-corrected chi connectivity index (χ4v) is 2.11. The summed E-state index contributed by atoms with van der Waals surface area (Å²) in [6, 6.07) is 11.5. The Morgan fingerprint density at radius 3 is 2.55 bits per heavy atom. The Morgan fingerprint density at radius 1 is 1.25 bits per heavy atom. The quantitative estimate of drug-likeness (QED) is 0.755. The molecular weight excluding hydrogens is 320 g/mol. The molecule has 0 radical (unpaired) electrons. The molecule has 4 nitrogen and oxygen atoms in total. The minimum absolute atomic E-state index is 0.00217. The summed E-state index contributed by atoms with van der Waals surface area (Å²) < 4.78 is 0.759. The number of phenols is 1. The number of carbonyl (C=O) groups excluding carboxylic acids is 1. The molecule has 0 fully saturated rings. The number of hydrogen-bond donors (Lipinski definition) is 3. The van der Waals surface area contributed by atoms with Crippen molar-refractivity contribution in [1.82, 2.24) is 0 Å². The van der Waals surface area contributed by atoms with E-state index in [2.05, 4.69) is 21.2 Å². The number of benzene rings is 2. The van der Waals surface area contributed by atoms with Gasteiger partial charge in [-0.1, -0.05) is 45.8 Å². The van der Waals surface area contributed by atoms with Crippen molar-refractivity contribution in [2.75, 3.05) is 5.32 Å². The molecule has 104 valence electrons. The molecule has 0 heterocycles. The smallest absolute Gasteiger partial charge is 0.245 e. The first kappa shape index (κ1) is 14.6. The molecule has 2 aromatic rings. The van der Waals surface area contributed by atoms with Gasteiger partial charge in [0.15, 0.2) is 0 Å². The van der Waals surface area contributed by atoms with Crippen molar-refractivity contribution in [1.29, 1.82) is 0 Å². The highest BCUT2D eigenvalue weighted by Crippen LogP contribution is 2.27. The summed E-state index contributed by atoms with van der Waals surface area (Å²) in [5.41, 5.74) is 8.07. The molecule has 0 aliphatic heterocycles. The van der Waals surface area contributed by atoms with Crippen molar-refractivity contribution in [3.63, 3.8) is 0 Å². The van der Waals surface area contributed by atoms with Crippen LogP contribution >= 0.6 is 15.9 Å². The lowest BCUT2D eigenvalue weighted by Gasteiger charge is -2.14. The number of amides is 1. The van der Waals surface area contributed by atoms with Gasteiger partial charge in [-0.2, -0.15) is 0 Å². The molecule has 0 aliphatic carbocycles. The molecule has 1 amide bonds. The molecule has 5 heteroatoms. The van der Waals surface area contributed by atoms with Crippen LogP contribution in [0.3, 0.4) is 0 Å². The highest BCUT2D eigenvalue weighted by Gasteiger charge is 2.17. The van der Waals surface area contributed by atoms with Crippen LogP contribution in [0.2, 0.25) is 0 Å². The van der Waals surface area contributed by atoms with Crippen molar-refractivity contribution < 1.29 is 9.90 Å². The first-order valence-electron chi connectivity index (χ1n) is 6.09. The zero-order chi connectivity index (χ0) is 14.7. The Balaban J connectivity index is 2.15. The van der Waals surface area contributed by atoms with E-state index >= 15 is 0 Å². The number of hydrogen-bond acceptors (Lipinski definition) is 3. The number of aryl methyl sites for hydroxylation is 1. The monoisotopic (exact) mass is 334 g/mol. The second-order valence-electron chi connectivity index (χ2n) is 4.54. The van der Waals surface area contributed by atoms with E-state index in [4.69, 9.17) is 5.73 Å². The van der Waals surface area contributed by atoms with Crippen LogP contribution in [0.5, 0.6) is 5.75 Å². The second-order valence-corrected chi connectivity index (χ2v) is 5.45. The van der Waals surface area contributed by atoms with Gasteiger partial charge in [0.25, 0.3) is 0 Å². The van der Waals surface area contributed by atoms with Gasteiger partial charge in [-0.15, -0.1) is 0 Å². The van der Waals surface area contributed by atoms with Crippen molar-refractivity contribution in [3.05, 3.63) is 58.1 Å². The van der Waals surface area contributed by atoms with Crippen LogP contribution in [-0.4, -0.2) is 11.0 Å². The van der Waals surface area contributed by atoms with Crippen molar-refractivity contribution in [2.24, 2.45) is 5.73 Å². The highest BCUT2D eigenvalue weighted by atomic mass is 79.9. The van der Waals surface area contributed by atoms with E-state index in [0.29, 0.717) is 5.69 Å². The van der Waals surface area contributed by atoms with Gasteiger partial charge in [0, 0.05) is 4.47 Å². The lowest BCUT2D eigenvalue weighted by molar-refractivity contribution is -0.117. The highest BCUT2D eigenvalue weighted by molar-refractivity contribution is 9.10. The number of nitrogens with one attached hydrogen (secondary N) is 1. The Morgan fingerprint density at radius 2 is 1.90 bits per heavy atom. The predicted molar refractivity (Wildman–Crippen MR) is 82.5 cm³/mol. The largest absolute Gasteiger partial charge is 0.506 e. The minimum atomic E-state index is -0.783. The standard InChI is InChI=1S/C15H15BrN2O2/c1-9-2-4-10(5-3-9)14(17)15(20)18-12-8-11(16)6-7-13(12)19/h2-8,14,19H,17H2,1H3,(H,18,20). The first-order chi connectivity index (χ1) is 9.47. The third kappa shape index (κ3) is 3.37. The molecule has 0 saturated heterocycles. The topological polar surface area (TPSA) is 75.4 Å². The van der Waals surface area contributed by atoms with Crippen molar-refractivity contribution >= 4 is 27.5 Å². The summed E-state index contributed by atoms with van der Waals surface area (Å²) >= 11 is 3.28. The molecule has 2 rings (SSSR count). The van der Waals surface area contributed by atoms with Gasteiger partial charge >= 0.3 is 0 Å². The Labute approximate surface area is 125 Å².